The Kier molecular flexibility index (Phi) is 3.28. The number of allylic oxidation sites excluding steroid dienone is 4. The Morgan fingerprint density at radius 1 is 0.944 bits per heavy atom. The molecule has 1 fully saturated rings. The van der Waals surface area contributed by atoms with Gasteiger partial charge in [0, 0.05) is 11.8 Å². The number of carbonyl (C=O) groups is 2. The Balaban J connectivity index is 2.45. The summed E-state index contributed by atoms with van der Waals surface area (Å²) in [5, 5.41) is 0. The summed E-state index contributed by atoms with van der Waals surface area (Å²) in [5.74, 6) is -1.58. The van der Waals surface area contributed by atoms with Crippen molar-refractivity contribution < 1.29 is 19.1 Å². The number of methoxy groups -OCH3 is 2. The summed E-state index contributed by atoms with van der Waals surface area (Å²) in [7, 11) is 2.71. The molecule has 0 aromatic rings. The topological polar surface area (TPSA) is 52.6 Å². The molecular weight excluding hydrogens is 232 g/mol. The Labute approximate surface area is 107 Å². The Morgan fingerprint density at radius 3 is 1.61 bits per heavy atom. The third-order valence-electron chi connectivity index (χ3n) is 3.93. The second-order valence-electron chi connectivity index (χ2n) is 4.99. The zero-order chi connectivity index (χ0) is 13.4. The van der Waals surface area contributed by atoms with Gasteiger partial charge >= 0.3 is 11.9 Å². The van der Waals surface area contributed by atoms with Crippen molar-refractivity contribution in [2.24, 2.45) is 23.7 Å². The maximum absolute atomic E-state index is 11.9. The largest absolute Gasteiger partial charge is 0.469 e. The summed E-state index contributed by atoms with van der Waals surface area (Å²) in [6.07, 6.45) is 4.02. The van der Waals surface area contributed by atoms with Gasteiger partial charge in [0.15, 0.2) is 0 Å². The van der Waals surface area contributed by atoms with Crippen LogP contribution in [-0.2, 0) is 19.1 Å². The van der Waals surface area contributed by atoms with E-state index in [-0.39, 0.29) is 23.8 Å². The lowest BCUT2D eigenvalue weighted by Gasteiger charge is -2.22. The Bertz CT molecular complexity index is 409. The van der Waals surface area contributed by atoms with Gasteiger partial charge in [-0.25, -0.2) is 0 Å². The molecule has 4 nitrogen and oxygen atoms in total. The van der Waals surface area contributed by atoms with Crippen molar-refractivity contribution in [1.82, 2.24) is 0 Å². The molecule has 2 aliphatic rings. The van der Waals surface area contributed by atoms with Crippen LogP contribution < -0.4 is 0 Å². The van der Waals surface area contributed by atoms with Gasteiger partial charge in [-0.2, -0.15) is 0 Å². The van der Waals surface area contributed by atoms with E-state index >= 15 is 0 Å². The van der Waals surface area contributed by atoms with Crippen molar-refractivity contribution in [3.8, 4) is 0 Å². The fraction of sp³-hybridized carbons (Fsp3) is 0.571. The average molecular weight is 250 g/mol. The van der Waals surface area contributed by atoms with Gasteiger partial charge < -0.3 is 9.47 Å². The minimum atomic E-state index is -0.442. The van der Waals surface area contributed by atoms with Crippen molar-refractivity contribution in [3.63, 3.8) is 0 Å². The molecule has 0 amide bonds. The molecule has 0 aromatic heterocycles. The first-order chi connectivity index (χ1) is 8.52. The van der Waals surface area contributed by atoms with Crippen LogP contribution in [0, 0.1) is 23.7 Å². The molecular formula is C14H18O4. The zero-order valence-corrected chi connectivity index (χ0v) is 11.1. The summed E-state index contributed by atoms with van der Waals surface area (Å²) < 4.78 is 9.67. The molecule has 4 heteroatoms. The molecule has 0 spiro atoms. The lowest BCUT2D eigenvalue weighted by atomic mass is 9.83. The minimum absolute atomic E-state index is 0.0171. The van der Waals surface area contributed by atoms with Crippen LogP contribution in [0.3, 0.4) is 0 Å². The van der Waals surface area contributed by atoms with Crippen LogP contribution in [-0.4, -0.2) is 26.2 Å². The van der Waals surface area contributed by atoms with E-state index in [0.29, 0.717) is 0 Å². The maximum atomic E-state index is 11.9. The third kappa shape index (κ3) is 1.67. The predicted octanol–water partition coefficient (Wildman–Crippen LogP) is 1.72. The summed E-state index contributed by atoms with van der Waals surface area (Å²) in [4.78, 5) is 23.8. The van der Waals surface area contributed by atoms with Gasteiger partial charge in [-0.3, -0.25) is 9.59 Å². The third-order valence-corrected chi connectivity index (χ3v) is 3.93. The first kappa shape index (κ1) is 12.9. The highest BCUT2D eigenvalue weighted by Crippen LogP contribution is 2.53. The number of hydrogen-bond acceptors (Lipinski definition) is 4. The number of fused-ring (bicyclic) bond motifs is 2. The van der Waals surface area contributed by atoms with Crippen molar-refractivity contribution in [2.45, 2.75) is 13.8 Å². The molecule has 0 N–H and O–H groups in total. The number of hydrogen-bond donors (Lipinski definition) is 0. The molecule has 0 saturated heterocycles. The van der Waals surface area contributed by atoms with Gasteiger partial charge in [0.1, 0.15) is 0 Å². The molecule has 0 heterocycles. The van der Waals surface area contributed by atoms with E-state index in [9.17, 15) is 9.59 Å². The quantitative estimate of drug-likeness (QED) is 0.553. The van der Waals surface area contributed by atoms with Gasteiger partial charge in [-0.05, 0) is 13.8 Å². The van der Waals surface area contributed by atoms with Crippen LogP contribution in [0.1, 0.15) is 13.8 Å². The first-order valence-corrected chi connectivity index (χ1v) is 6.04. The summed E-state index contributed by atoms with van der Waals surface area (Å²) in [6.45, 7) is 4.02. The van der Waals surface area contributed by atoms with E-state index in [1.165, 1.54) is 19.8 Å². The Hall–Kier alpha value is -1.58. The van der Waals surface area contributed by atoms with E-state index in [1.54, 1.807) is 0 Å². The van der Waals surface area contributed by atoms with E-state index in [0.717, 1.165) is 5.57 Å². The Morgan fingerprint density at radius 2 is 1.33 bits per heavy atom. The number of rotatable bonds is 2. The average Bonchev–Trinajstić information content (AvgIpc) is 2.91. The van der Waals surface area contributed by atoms with E-state index in [4.69, 9.17) is 9.47 Å². The summed E-state index contributed by atoms with van der Waals surface area (Å²) >= 11 is 0. The molecule has 2 aliphatic carbocycles. The SMILES string of the molecule is COC(=O)[C@@H]1[C@H](C(=O)OC)[C@@H]2C=C[C@H]1C2=C(C)C. The molecule has 0 aromatic carbocycles. The van der Waals surface area contributed by atoms with Crippen LogP contribution in [0.25, 0.3) is 0 Å². The zero-order valence-electron chi connectivity index (χ0n) is 11.1. The molecule has 4 atom stereocenters. The van der Waals surface area contributed by atoms with Gasteiger partial charge in [-0.1, -0.05) is 23.3 Å². The van der Waals surface area contributed by atoms with Crippen LogP contribution in [0.5, 0.6) is 0 Å². The standard InChI is InChI=1S/C14H18O4/c1-7(2)10-8-5-6-9(10)12(14(16)18-4)11(8)13(15)17-3/h5-6,8-9,11-12H,1-4H3/t8-,9+,11-,12+. The highest BCUT2D eigenvalue weighted by Gasteiger charge is 2.55. The van der Waals surface area contributed by atoms with Crippen LogP contribution in [0.4, 0.5) is 0 Å². The highest BCUT2D eigenvalue weighted by molar-refractivity contribution is 5.86. The van der Waals surface area contributed by atoms with Gasteiger partial charge in [0.25, 0.3) is 0 Å². The molecule has 1 saturated carbocycles. The second kappa shape index (κ2) is 4.59. The van der Waals surface area contributed by atoms with Crippen molar-refractivity contribution in [2.75, 3.05) is 14.2 Å². The van der Waals surface area contributed by atoms with E-state index in [1.807, 2.05) is 26.0 Å². The molecule has 0 unspecified atom stereocenters. The van der Waals surface area contributed by atoms with Gasteiger partial charge in [0.05, 0.1) is 26.1 Å². The minimum Gasteiger partial charge on any atom is -0.469 e. The van der Waals surface area contributed by atoms with Crippen molar-refractivity contribution >= 4 is 11.9 Å². The van der Waals surface area contributed by atoms with E-state index < -0.39 is 11.8 Å². The molecule has 2 bridgehead atoms. The fourth-order valence-corrected chi connectivity index (χ4v) is 3.27. The number of ether oxygens (including phenoxy) is 2. The van der Waals surface area contributed by atoms with Crippen LogP contribution in [0.2, 0.25) is 0 Å². The highest BCUT2D eigenvalue weighted by atomic mass is 16.5. The molecule has 0 radical (unpaired) electrons. The van der Waals surface area contributed by atoms with Gasteiger partial charge in [0.2, 0.25) is 0 Å². The van der Waals surface area contributed by atoms with Crippen LogP contribution >= 0.6 is 0 Å². The fourth-order valence-electron chi connectivity index (χ4n) is 3.27. The van der Waals surface area contributed by atoms with Crippen LogP contribution in [0.15, 0.2) is 23.3 Å². The maximum Gasteiger partial charge on any atom is 0.310 e. The lowest BCUT2D eigenvalue weighted by molar-refractivity contribution is -0.158. The summed E-state index contributed by atoms with van der Waals surface area (Å²) in [5.41, 5.74) is 2.33. The normalized spacial score (nSPS) is 32.6. The van der Waals surface area contributed by atoms with E-state index in [2.05, 4.69) is 0 Å². The number of carbonyl (C=O) groups excluding carboxylic acids is 2. The van der Waals surface area contributed by atoms with Crippen molar-refractivity contribution in [3.05, 3.63) is 23.3 Å². The predicted molar refractivity (Wildman–Crippen MR) is 65.5 cm³/mol. The number of esters is 2. The summed E-state index contributed by atoms with van der Waals surface area (Å²) in [6, 6.07) is 0. The smallest absolute Gasteiger partial charge is 0.310 e. The first-order valence-electron chi connectivity index (χ1n) is 6.04. The molecule has 0 aliphatic heterocycles. The van der Waals surface area contributed by atoms with Gasteiger partial charge in [-0.15, -0.1) is 0 Å². The molecule has 18 heavy (non-hydrogen) atoms. The monoisotopic (exact) mass is 250 g/mol. The van der Waals surface area contributed by atoms with Crippen molar-refractivity contribution in [1.29, 1.82) is 0 Å². The lowest BCUT2D eigenvalue weighted by Crippen LogP contribution is -2.34. The molecule has 2 rings (SSSR count). The second-order valence-corrected chi connectivity index (χ2v) is 4.99. The molecule has 98 valence electrons.